The van der Waals surface area contributed by atoms with Crippen molar-refractivity contribution < 1.29 is 12.9 Å². The van der Waals surface area contributed by atoms with Crippen LogP contribution in [0.2, 0.25) is 0 Å². The van der Waals surface area contributed by atoms with Gasteiger partial charge in [-0.15, -0.1) is 0 Å². The average Bonchev–Trinajstić information content (AvgIpc) is 2.57. The first-order chi connectivity index (χ1) is 8.34. The monoisotopic (exact) mass is 274 g/mol. The summed E-state index contributed by atoms with van der Waals surface area (Å²) in [7, 11) is -3.49. The van der Waals surface area contributed by atoms with Crippen LogP contribution < -0.4 is 4.72 Å². The molecule has 1 aromatic heterocycles. The van der Waals surface area contributed by atoms with E-state index in [1.807, 2.05) is 0 Å². The molecule has 0 aliphatic carbocycles. The fourth-order valence-corrected chi connectivity index (χ4v) is 3.21. The maximum atomic E-state index is 12.0. The number of nitrogens with one attached hydrogen (secondary N) is 1. The molecular formula is C12H22N2O3S. The Morgan fingerprint density at radius 3 is 2.44 bits per heavy atom. The Morgan fingerprint density at radius 1 is 1.28 bits per heavy atom. The minimum Gasteiger partial charge on any atom is -0.360 e. The third-order valence-electron chi connectivity index (χ3n) is 2.74. The van der Waals surface area contributed by atoms with E-state index < -0.39 is 10.0 Å². The summed E-state index contributed by atoms with van der Waals surface area (Å²) in [5.74, 6) is 0.992. The van der Waals surface area contributed by atoms with Crippen LogP contribution in [0.1, 0.15) is 44.6 Å². The highest BCUT2D eigenvalue weighted by atomic mass is 32.2. The number of hydrogen-bond donors (Lipinski definition) is 1. The summed E-state index contributed by atoms with van der Waals surface area (Å²) in [6.45, 7) is 8.01. The van der Waals surface area contributed by atoms with Crippen molar-refractivity contribution in [2.75, 3.05) is 6.54 Å². The van der Waals surface area contributed by atoms with Crippen LogP contribution >= 0.6 is 0 Å². The van der Waals surface area contributed by atoms with Gasteiger partial charge in [0.2, 0.25) is 10.0 Å². The lowest BCUT2D eigenvalue weighted by Crippen LogP contribution is -2.25. The molecule has 0 amide bonds. The van der Waals surface area contributed by atoms with E-state index in [-0.39, 0.29) is 4.90 Å². The normalized spacial score (nSPS) is 12.3. The summed E-state index contributed by atoms with van der Waals surface area (Å²) in [6.07, 6.45) is 3.00. The molecule has 0 aliphatic heterocycles. The predicted molar refractivity (Wildman–Crippen MR) is 69.9 cm³/mol. The second kappa shape index (κ2) is 6.33. The van der Waals surface area contributed by atoms with Gasteiger partial charge in [-0.05, 0) is 26.2 Å². The van der Waals surface area contributed by atoms with Crippen molar-refractivity contribution in [3.8, 4) is 0 Å². The molecule has 0 saturated heterocycles. The van der Waals surface area contributed by atoms with Gasteiger partial charge in [-0.1, -0.05) is 31.8 Å². The minimum atomic E-state index is -3.49. The van der Waals surface area contributed by atoms with Gasteiger partial charge in [0.05, 0.1) is 0 Å². The number of rotatable bonds is 7. The van der Waals surface area contributed by atoms with Crippen molar-refractivity contribution >= 4 is 10.0 Å². The average molecular weight is 274 g/mol. The first-order valence-electron chi connectivity index (χ1n) is 6.27. The van der Waals surface area contributed by atoms with Crippen molar-refractivity contribution in [2.45, 2.75) is 51.9 Å². The van der Waals surface area contributed by atoms with Gasteiger partial charge in [0.1, 0.15) is 10.6 Å². The van der Waals surface area contributed by atoms with E-state index >= 15 is 0 Å². The summed E-state index contributed by atoms with van der Waals surface area (Å²) >= 11 is 0. The summed E-state index contributed by atoms with van der Waals surface area (Å²) in [6, 6.07) is 0. The Kier molecular flexibility index (Phi) is 5.34. The molecule has 1 N–H and O–H groups in total. The van der Waals surface area contributed by atoms with Gasteiger partial charge in [0, 0.05) is 6.54 Å². The molecular weight excluding hydrogens is 252 g/mol. The summed E-state index contributed by atoms with van der Waals surface area (Å²) in [5, 5.41) is 3.66. The first-order valence-corrected chi connectivity index (χ1v) is 7.75. The maximum Gasteiger partial charge on any atom is 0.245 e. The van der Waals surface area contributed by atoms with Gasteiger partial charge in [-0.2, -0.15) is 0 Å². The van der Waals surface area contributed by atoms with Crippen LogP contribution in [-0.4, -0.2) is 20.1 Å². The molecule has 0 saturated carbocycles. The molecule has 1 heterocycles. The van der Waals surface area contributed by atoms with Crippen LogP contribution in [0.3, 0.4) is 0 Å². The summed E-state index contributed by atoms with van der Waals surface area (Å²) < 4.78 is 31.5. The third-order valence-corrected chi connectivity index (χ3v) is 4.44. The fraction of sp³-hybridized carbons (Fsp3) is 0.750. The topological polar surface area (TPSA) is 72.2 Å². The van der Waals surface area contributed by atoms with Crippen molar-refractivity contribution in [1.29, 1.82) is 0 Å². The number of hydrogen-bond acceptors (Lipinski definition) is 4. The highest BCUT2D eigenvalue weighted by Crippen LogP contribution is 2.18. The van der Waals surface area contributed by atoms with Crippen LogP contribution in [0.4, 0.5) is 0 Å². The van der Waals surface area contributed by atoms with Gasteiger partial charge in [-0.25, -0.2) is 13.1 Å². The van der Waals surface area contributed by atoms with E-state index in [9.17, 15) is 8.42 Å². The minimum absolute atomic E-state index is 0.173. The van der Waals surface area contributed by atoms with Crippen molar-refractivity contribution in [2.24, 2.45) is 5.92 Å². The molecule has 1 rings (SSSR count). The Bertz CT molecular complexity index is 458. The van der Waals surface area contributed by atoms with E-state index in [1.54, 1.807) is 13.8 Å². The molecule has 18 heavy (non-hydrogen) atoms. The standard InChI is InChI=1S/C12H22N2O3S/c1-9(2)7-5-6-8-13-18(15,16)12-10(3)14-17-11(12)4/h9,13H,5-8H2,1-4H3. The molecule has 0 spiro atoms. The van der Waals surface area contributed by atoms with Gasteiger partial charge >= 0.3 is 0 Å². The molecule has 5 nitrogen and oxygen atoms in total. The second-order valence-electron chi connectivity index (χ2n) is 4.94. The summed E-state index contributed by atoms with van der Waals surface area (Å²) in [5.41, 5.74) is 0.405. The zero-order valence-corrected chi connectivity index (χ0v) is 12.3. The van der Waals surface area contributed by atoms with E-state index in [4.69, 9.17) is 4.52 Å². The number of aromatic nitrogens is 1. The molecule has 0 bridgehead atoms. The lowest BCUT2D eigenvalue weighted by molar-refractivity contribution is 0.390. The highest BCUT2D eigenvalue weighted by Gasteiger charge is 2.23. The molecule has 104 valence electrons. The molecule has 0 unspecified atom stereocenters. The number of unbranched alkanes of at least 4 members (excludes halogenated alkanes) is 1. The zero-order chi connectivity index (χ0) is 13.8. The number of nitrogens with zero attached hydrogens (tertiary/aromatic N) is 1. The number of aryl methyl sites for hydroxylation is 2. The highest BCUT2D eigenvalue weighted by molar-refractivity contribution is 7.89. The molecule has 1 aromatic rings. The Balaban J connectivity index is 2.51. The van der Waals surface area contributed by atoms with E-state index in [2.05, 4.69) is 23.7 Å². The first kappa shape index (κ1) is 15.2. The van der Waals surface area contributed by atoms with Crippen molar-refractivity contribution in [1.82, 2.24) is 9.88 Å². The maximum absolute atomic E-state index is 12.0. The lowest BCUT2D eigenvalue weighted by atomic mass is 10.1. The lowest BCUT2D eigenvalue weighted by Gasteiger charge is -2.07. The van der Waals surface area contributed by atoms with E-state index in [0.717, 1.165) is 19.3 Å². The van der Waals surface area contributed by atoms with Crippen LogP contribution in [-0.2, 0) is 10.0 Å². The molecule has 0 aliphatic rings. The van der Waals surface area contributed by atoms with Gasteiger partial charge in [0.25, 0.3) is 0 Å². The molecule has 0 atom stereocenters. The second-order valence-corrected chi connectivity index (χ2v) is 6.64. The Labute approximate surface area is 109 Å². The fourth-order valence-electron chi connectivity index (χ4n) is 1.81. The largest absolute Gasteiger partial charge is 0.360 e. The Morgan fingerprint density at radius 2 is 1.94 bits per heavy atom. The predicted octanol–water partition coefficient (Wildman–Crippen LogP) is 2.40. The SMILES string of the molecule is Cc1noc(C)c1S(=O)(=O)NCCCCC(C)C. The molecule has 0 aromatic carbocycles. The van der Waals surface area contributed by atoms with Gasteiger partial charge < -0.3 is 4.52 Å². The van der Waals surface area contributed by atoms with Crippen molar-refractivity contribution in [3.05, 3.63) is 11.5 Å². The third kappa shape index (κ3) is 4.10. The molecule has 0 fully saturated rings. The zero-order valence-electron chi connectivity index (χ0n) is 11.5. The van der Waals surface area contributed by atoms with Crippen LogP contribution in [0.5, 0.6) is 0 Å². The van der Waals surface area contributed by atoms with Gasteiger partial charge in [-0.3, -0.25) is 0 Å². The molecule has 6 heteroatoms. The smallest absolute Gasteiger partial charge is 0.245 e. The van der Waals surface area contributed by atoms with Crippen LogP contribution in [0.25, 0.3) is 0 Å². The van der Waals surface area contributed by atoms with Crippen LogP contribution in [0.15, 0.2) is 9.42 Å². The molecule has 0 radical (unpaired) electrons. The van der Waals surface area contributed by atoms with Gasteiger partial charge in [0.15, 0.2) is 5.76 Å². The van der Waals surface area contributed by atoms with E-state index in [1.165, 1.54) is 0 Å². The van der Waals surface area contributed by atoms with Crippen LogP contribution in [0, 0.1) is 19.8 Å². The van der Waals surface area contributed by atoms with E-state index in [0.29, 0.717) is 23.9 Å². The number of sulfonamides is 1. The Hall–Kier alpha value is -0.880. The quantitative estimate of drug-likeness (QED) is 0.775. The summed E-state index contributed by atoms with van der Waals surface area (Å²) in [4.78, 5) is 0.173. The van der Waals surface area contributed by atoms with Crippen molar-refractivity contribution in [3.63, 3.8) is 0 Å².